The smallest absolute Gasteiger partial charge is 0.216 e. The first kappa shape index (κ1) is 33.5. The fourth-order valence-corrected chi connectivity index (χ4v) is 6.45. The van der Waals surface area contributed by atoms with Gasteiger partial charge in [-0.3, -0.25) is 4.79 Å². The van der Waals surface area contributed by atoms with Crippen molar-refractivity contribution in [1.82, 2.24) is 9.97 Å². The number of hydrogen-bond donors (Lipinski definition) is 1. The SMILES string of the molecule is CCC(CC)C(=O)/C=C(\O)C(CC)CC.[2H]C([2H])(c1c(C)sc2cnc(-c3[c-]ccc4c3oc3nc(C)ccc34)cc12)C(C)(C)C.[Ir]. The van der Waals surface area contributed by atoms with Crippen LogP contribution in [0.3, 0.4) is 0 Å². The Hall–Kier alpha value is -2.86. The number of rotatable bonds is 9. The number of fused-ring (bicyclic) bond motifs is 4. The minimum atomic E-state index is -1.48. The second kappa shape index (κ2) is 15.6. The van der Waals surface area contributed by atoms with Gasteiger partial charge in [0.25, 0.3) is 0 Å². The number of hydrogen-bond acceptors (Lipinski definition) is 6. The Kier molecular flexibility index (Phi) is 11.6. The molecule has 45 heavy (non-hydrogen) atoms. The molecule has 5 nitrogen and oxygen atoms in total. The molecule has 0 saturated carbocycles. The van der Waals surface area contributed by atoms with Crippen molar-refractivity contribution in [2.75, 3.05) is 0 Å². The monoisotopic (exact) mass is 806 g/mol. The predicted molar refractivity (Wildman–Crippen MR) is 185 cm³/mol. The number of benzene rings is 1. The number of furan rings is 1. The van der Waals surface area contributed by atoms with E-state index in [4.69, 9.17) is 7.16 Å². The first-order valence-corrected chi connectivity index (χ1v) is 16.5. The van der Waals surface area contributed by atoms with Crippen LogP contribution in [0.15, 0.2) is 52.8 Å². The van der Waals surface area contributed by atoms with Crippen molar-refractivity contribution in [2.24, 2.45) is 17.3 Å². The molecule has 0 unspecified atom stereocenters. The molecule has 0 aliphatic carbocycles. The van der Waals surface area contributed by atoms with Crippen LogP contribution in [-0.4, -0.2) is 20.9 Å². The van der Waals surface area contributed by atoms with Crippen molar-refractivity contribution in [3.8, 4) is 11.3 Å². The normalized spacial score (nSPS) is 13.2. The number of pyridine rings is 2. The van der Waals surface area contributed by atoms with Crippen molar-refractivity contribution in [1.29, 1.82) is 0 Å². The van der Waals surface area contributed by atoms with Crippen molar-refractivity contribution in [3.05, 3.63) is 70.6 Å². The largest absolute Gasteiger partial charge is 0.512 e. The molecule has 0 fully saturated rings. The molecule has 1 aromatic carbocycles. The molecule has 0 spiro atoms. The molecule has 7 heteroatoms. The maximum atomic E-state index is 11.7. The summed E-state index contributed by atoms with van der Waals surface area (Å²) in [5, 5.41) is 12.6. The summed E-state index contributed by atoms with van der Waals surface area (Å²) in [4.78, 5) is 21.9. The van der Waals surface area contributed by atoms with Gasteiger partial charge in [0.1, 0.15) is 0 Å². The molecule has 0 aliphatic heterocycles. The number of aromatic nitrogens is 2. The molecule has 5 aromatic rings. The Morgan fingerprint density at radius 1 is 1.04 bits per heavy atom. The van der Waals surface area contributed by atoms with E-state index in [9.17, 15) is 9.90 Å². The number of nitrogens with zero attached hydrogens (tertiary/aromatic N) is 2. The summed E-state index contributed by atoms with van der Waals surface area (Å²) in [6, 6.07) is 13.1. The molecule has 0 saturated heterocycles. The summed E-state index contributed by atoms with van der Waals surface area (Å²) in [6.45, 7) is 17.8. The summed E-state index contributed by atoms with van der Waals surface area (Å²) in [5.74, 6) is 0.547. The van der Waals surface area contributed by atoms with E-state index in [-0.39, 0.29) is 43.5 Å². The van der Waals surface area contributed by atoms with E-state index in [2.05, 4.69) is 16.0 Å². The van der Waals surface area contributed by atoms with Gasteiger partial charge in [-0.05, 0) is 80.1 Å². The maximum Gasteiger partial charge on any atom is 0.216 e. The summed E-state index contributed by atoms with van der Waals surface area (Å²) in [6.07, 6.45) is 5.26. The van der Waals surface area contributed by atoms with Gasteiger partial charge in [0, 0.05) is 62.9 Å². The summed E-state index contributed by atoms with van der Waals surface area (Å²) < 4.78 is 24.9. The fraction of sp³-hybridized carbons (Fsp3) is 0.447. The van der Waals surface area contributed by atoms with Crippen LogP contribution in [0.2, 0.25) is 0 Å². The van der Waals surface area contributed by atoms with Gasteiger partial charge in [-0.15, -0.1) is 29.5 Å². The van der Waals surface area contributed by atoms with E-state index >= 15 is 0 Å². The molecule has 1 N–H and O–H groups in total. The van der Waals surface area contributed by atoms with Crippen LogP contribution in [0.5, 0.6) is 0 Å². The van der Waals surface area contributed by atoms with Crippen LogP contribution in [0, 0.1) is 37.2 Å². The van der Waals surface area contributed by atoms with Crippen LogP contribution in [0.1, 0.15) is 93.0 Å². The van der Waals surface area contributed by atoms with Gasteiger partial charge in [0.05, 0.1) is 16.0 Å². The van der Waals surface area contributed by atoms with Gasteiger partial charge in [0.2, 0.25) is 5.71 Å². The van der Waals surface area contributed by atoms with Gasteiger partial charge >= 0.3 is 0 Å². The fourth-order valence-electron chi connectivity index (χ4n) is 5.48. The molecule has 4 heterocycles. The molecule has 0 bridgehead atoms. The minimum absolute atomic E-state index is 0. The zero-order valence-electron chi connectivity index (χ0n) is 29.9. The first-order chi connectivity index (χ1) is 21.7. The van der Waals surface area contributed by atoms with E-state index in [0.29, 0.717) is 11.3 Å². The van der Waals surface area contributed by atoms with Crippen LogP contribution in [0.25, 0.3) is 43.4 Å². The summed E-state index contributed by atoms with van der Waals surface area (Å²) in [5.41, 5.74) is 3.91. The van der Waals surface area contributed by atoms with E-state index < -0.39 is 11.8 Å². The second-order valence-corrected chi connectivity index (χ2v) is 13.7. The number of allylic oxidation sites excluding steroid dienone is 2. The van der Waals surface area contributed by atoms with Gasteiger partial charge < -0.3 is 14.5 Å². The number of carbonyl (C=O) groups is 1. The molecule has 0 atom stereocenters. The number of carbonyl (C=O) groups excluding carboxylic acids is 1. The minimum Gasteiger partial charge on any atom is -0.512 e. The number of ketones is 1. The zero-order chi connectivity index (χ0) is 34.0. The van der Waals surface area contributed by atoms with Crippen molar-refractivity contribution >= 4 is 49.3 Å². The van der Waals surface area contributed by atoms with Crippen LogP contribution in [-0.2, 0) is 31.3 Å². The Morgan fingerprint density at radius 2 is 1.71 bits per heavy atom. The Balaban J connectivity index is 0.000000322. The van der Waals surface area contributed by atoms with E-state index in [1.54, 1.807) is 11.3 Å². The third kappa shape index (κ3) is 8.49. The first-order valence-electron chi connectivity index (χ1n) is 16.7. The zero-order valence-corrected chi connectivity index (χ0v) is 31.1. The molecule has 243 valence electrons. The Labute approximate surface area is 288 Å². The van der Waals surface area contributed by atoms with Gasteiger partial charge in [0.15, 0.2) is 5.78 Å². The van der Waals surface area contributed by atoms with Crippen molar-refractivity contribution in [2.45, 2.75) is 94.4 Å². The predicted octanol–water partition coefficient (Wildman–Crippen LogP) is 11.1. The molecule has 0 amide bonds. The standard InChI is InChI=1S/C25H23N2OS.C13H24O2.Ir/c1-14-9-10-17-16-7-6-8-18(23(16)28-24(17)27-14)21-11-19-20(12-25(3,4)5)15(2)29-22(19)13-26-21;1-5-10(6-2)12(14)9-13(15)11(7-3)8-4;/h6-7,9-11,13H,12H2,1-5H3;9-11,14H,5-8H2,1-4H3;/q-1;;/b;12-9-;/i12D2;;. The van der Waals surface area contributed by atoms with Crippen LogP contribution >= 0.6 is 11.3 Å². The summed E-state index contributed by atoms with van der Waals surface area (Å²) >= 11 is 1.59. The molecule has 5 rings (SSSR count). The molecule has 4 aromatic heterocycles. The van der Waals surface area contributed by atoms with E-state index in [1.165, 1.54) is 6.08 Å². The second-order valence-electron chi connectivity index (χ2n) is 12.5. The molecule has 0 aliphatic rings. The third-order valence-corrected chi connectivity index (χ3v) is 9.08. The molecule has 1 radical (unpaired) electrons. The number of aliphatic hydroxyl groups is 1. The maximum absolute atomic E-state index is 11.7. The third-order valence-electron chi connectivity index (χ3n) is 8.03. The number of aryl methyl sites for hydroxylation is 2. The Morgan fingerprint density at radius 3 is 2.33 bits per heavy atom. The van der Waals surface area contributed by atoms with Gasteiger partial charge in [-0.25, -0.2) is 4.98 Å². The number of aliphatic hydroxyl groups excluding tert-OH is 1. The van der Waals surface area contributed by atoms with Crippen molar-refractivity contribution in [3.63, 3.8) is 0 Å². The van der Waals surface area contributed by atoms with E-state index in [1.807, 2.05) is 98.8 Å². The average molecular weight is 806 g/mol. The summed E-state index contributed by atoms with van der Waals surface area (Å²) in [7, 11) is 0. The van der Waals surface area contributed by atoms with Crippen molar-refractivity contribution < 1.29 is 37.2 Å². The van der Waals surface area contributed by atoms with E-state index in [0.717, 1.165) is 73.9 Å². The van der Waals surface area contributed by atoms with Crippen LogP contribution < -0.4 is 0 Å². The Bertz CT molecular complexity index is 1880. The topological polar surface area (TPSA) is 76.2 Å². The average Bonchev–Trinajstić information content (AvgIpc) is 3.54. The van der Waals surface area contributed by atoms with Crippen LogP contribution in [0.4, 0.5) is 0 Å². The number of thiophene rings is 1. The molecular weight excluding hydrogens is 757 g/mol. The van der Waals surface area contributed by atoms with Gasteiger partial charge in [-0.1, -0.05) is 65.5 Å². The van der Waals surface area contributed by atoms with Gasteiger partial charge in [-0.2, -0.15) is 0 Å². The molecular formula is C38H47IrN2O3S-. The quantitative estimate of drug-likeness (QED) is 0.0912.